The molecule has 17 heavy (non-hydrogen) atoms. The third kappa shape index (κ3) is 3.80. The summed E-state index contributed by atoms with van der Waals surface area (Å²) in [7, 11) is 1.53. The van der Waals surface area contributed by atoms with Crippen molar-refractivity contribution in [3.05, 3.63) is 47.2 Å². The average Bonchev–Trinajstić information content (AvgIpc) is 2.28. The van der Waals surface area contributed by atoms with Crippen molar-refractivity contribution in [2.24, 2.45) is 0 Å². The molecule has 1 nitrogen and oxygen atoms in total. The molecule has 1 unspecified atom stereocenters. The highest BCUT2D eigenvalue weighted by atomic mass is 19.4. The summed E-state index contributed by atoms with van der Waals surface area (Å²) in [5.74, 6) is 0.576. The van der Waals surface area contributed by atoms with Gasteiger partial charge in [-0.25, -0.2) is 0 Å². The van der Waals surface area contributed by atoms with E-state index in [0.717, 1.165) is 6.07 Å². The molecule has 0 saturated heterocycles. The molecule has 0 heterocycles. The van der Waals surface area contributed by atoms with Crippen LogP contribution in [-0.4, -0.2) is 7.11 Å². The SMILES string of the molecule is CO/C(C)=C/C(C)c1cccc(C(F)(F)F)c1. The molecular formula is C13H15F3O. The summed E-state index contributed by atoms with van der Waals surface area (Å²) >= 11 is 0. The standard InChI is InChI=1S/C13H15F3O/c1-9(7-10(2)17-3)11-5-4-6-12(8-11)13(14,15)16/h4-9H,1-3H3/b10-7+. The van der Waals surface area contributed by atoms with Crippen LogP contribution in [0.2, 0.25) is 0 Å². The van der Waals surface area contributed by atoms with Gasteiger partial charge in [0.25, 0.3) is 0 Å². The van der Waals surface area contributed by atoms with Crippen molar-refractivity contribution >= 4 is 0 Å². The molecule has 0 amide bonds. The van der Waals surface area contributed by atoms with Crippen molar-refractivity contribution in [2.75, 3.05) is 7.11 Å². The topological polar surface area (TPSA) is 9.23 Å². The third-order valence-electron chi connectivity index (χ3n) is 2.55. The van der Waals surface area contributed by atoms with Crippen LogP contribution in [0.4, 0.5) is 13.2 Å². The van der Waals surface area contributed by atoms with E-state index < -0.39 is 11.7 Å². The molecule has 0 bridgehead atoms. The number of hydrogen-bond donors (Lipinski definition) is 0. The number of alkyl halides is 3. The maximum atomic E-state index is 12.5. The van der Waals surface area contributed by atoms with Crippen molar-refractivity contribution < 1.29 is 17.9 Å². The van der Waals surface area contributed by atoms with Crippen LogP contribution in [0.15, 0.2) is 36.1 Å². The zero-order valence-corrected chi connectivity index (χ0v) is 10.0. The van der Waals surface area contributed by atoms with Gasteiger partial charge < -0.3 is 4.74 Å². The van der Waals surface area contributed by atoms with Gasteiger partial charge in [-0.15, -0.1) is 0 Å². The third-order valence-corrected chi connectivity index (χ3v) is 2.55. The second-order valence-electron chi connectivity index (χ2n) is 3.89. The molecule has 4 heteroatoms. The van der Waals surface area contributed by atoms with Gasteiger partial charge in [-0.1, -0.05) is 25.1 Å². The summed E-state index contributed by atoms with van der Waals surface area (Å²) in [4.78, 5) is 0. The van der Waals surface area contributed by atoms with Gasteiger partial charge in [-0.05, 0) is 24.6 Å². The van der Waals surface area contributed by atoms with Crippen LogP contribution in [0.5, 0.6) is 0 Å². The minimum absolute atomic E-state index is 0.114. The summed E-state index contributed by atoms with van der Waals surface area (Å²) in [6.07, 6.45) is -2.51. The molecule has 0 aliphatic rings. The molecule has 0 radical (unpaired) electrons. The number of rotatable bonds is 3. The molecule has 0 fully saturated rings. The Labute approximate surface area is 98.9 Å². The first-order valence-electron chi connectivity index (χ1n) is 5.24. The number of allylic oxidation sites excluding steroid dienone is 2. The molecule has 0 saturated carbocycles. The van der Waals surface area contributed by atoms with E-state index in [0.29, 0.717) is 11.3 Å². The zero-order chi connectivity index (χ0) is 13.1. The minimum Gasteiger partial charge on any atom is -0.502 e. The molecular weight excluding hydrogens is 229 g/mol. The molecule has 0 aliphatic heterocycles. The fourth-order valence-electron chi connectivity index (χ4n) is 1.51. The maximum Gasteiger partial charge on any atom is 0.416 e. The van der Waals surface area contributed by atoms with Gasteiger partial charge in [0.1, 0.15) is 0 Å². The van der Waals surface area contributed by atoms with Crippen LogP contribution >= 0.6 is 0 Å². The van der Waals surface area contributed by atoms with Crippen LogP contribution < -0.4 is 0 Å². The van der Waals surface area contributed by atoms with Crippen LogP contribution in [0.3, 0.4) is 0 Å². The van der Waals surface area contributed by atoms with E-state index >= 15 is 0 Å². The van der Waals surface area contributed by atoms with Crippen molar-refractivity contribution in [1.29, 1.82) is 0 Å². The average molecular weight is 244 g/mol. The molecule has 0 N–H and O–H groups in total. The Morgan fingerprint density at radius 1 is 1.35 bits per heavy atom. The Balaban J connectivity index is 3.00. The molecule has 0 aromatic heterocycles. The van der Waals surface area contributed by atoms with Crippen molar-refractivity contribution in [3.63, 3.8) is 0 Å². The van der Waals surface area contributed by atoms with Gasteiger partial charge in [0.2, 0.25) is 0 Å². The summed E-state index contributed by atoms with van der Waals surface area (Å²) in [6, 6.07) is 5.34. The Hall–Kier alpha value is -1.45. The lowest BCUT2D eigenvalue weighted by Crippen LogP contribution is -2.05. The van der Waals surface area contributed by atoms with E-state index in [-0.39, 0.29) is 5.92 Å². The smallest absolute Gasteiger partial charge is 0.416 e. The Kier molecular flexibility index (Phi) is 4.21. The van der Waals surface area contributed by atoms with Crippen molar-refractivity contribution in [3.8, 4) is 0 Å². The van der Waals surface area contributed by atoms with Gasteiger partial charge in [-0.3, -0.25) is 0 Å². The lowest BCUT2D eigenvalue weighted by atomic mass is 9.98. The molecule has 1 aromatic rings. The van der Waals surface area contributed by atoms with Crippen LogP contribution in [-0.2, 0) is 10.9 Å². The second-order valence-corrected chi connectivity index (χ2v) is 3.89. The number of halogens is 3. The molecule has 1 atom stereocenters. The van der Waals surface area contributed by atoms with E-state index in [1.165, 1.54) is 19.2 Å². The fraction of sp³-hybridized carbons (Fsp3) is 0.385. The predicted molar refractivity (Wildman–Crippen MR) is 60.6 cm³/mol. The Morgan fingerprint density at radius 3 is 2.53 bits per heavy atom. The number of benzene rings is 1. The highest BCUT2D eigenvalue weighted by molar-refractivity contribution is 5.30. The first-order valence-corrected chi connectivity index (χ1v) is 5.24. The van der Waals surface area contributed by atoms with Crippen molar-refractivity contribution in [2.45, 2.75) is 25.9 Å². The normalized spacial score (nSPS) is 14.6. The number of ether oxygens (including phenoxy) is 1. The quantitative estimate of drug-likeness (QED) is 0.718. The highest BCUT2D eigenvalue weighted by Gasteiger charge is 2.30. The summed E-state index contributed by atoms with van der Waals surface area (Å²) < 4.78 is 42.5. The largest absolute Gasteiger partial charge is 0.502 e. The summed E-state index contributed by atoms with van der Waals surface area (Å²) in [5, 5.41) is 0. The monoisotopic (exact) mass is 244 g/mol. The lowest BCUT2D eigenvalue weighted by Gasteiger charge is -2.12. The molecule has 1 aromatic carbocycles. The van der Waals surface area contributed by atoms with E-state index in [1.54, 1.807) is 19.1 Å². The van der Waals surface area contributed by atoms with E-state index in [4.69, 9.17) is 4.74 Å². The number of methoxy groups -OCH3 is 1. The molecule has 94 valence electrons. The minimum atomic E-state index is -4.30. The first-order chi connectivity index (χ1) is 7.84. The van der Waals surface area contributed by atoms with Gasteiger partial charge in [0, 0.05) is 5.92 Å². The summed E-state index contributed by atoms with van der Waals surface area (Å²) in [6.45, 7) is 3.60. The van der Waals surface area contributed by atoms with Crippen molar-refractivity contribution in [1.82, 2.24) is 0 Å². The van der Waals surface area contributed by atoms with Crippen LogP contribution in [0.25, 0.3) is 0 Å². The zero-order valence-electron chi connectivity index (χ0n) is 10.0. The van der Waals surface area contributed by atoms with E-state index in [2.05, 4.69) is 0 Å². The predicted octanol–water partition coefficient (Wildman–Crippen LogP) is 4.36. The van der Waals surface area contributed by atoms with Gasteiger partial charge >= 0.3 is 6.18 Å². The van der Waals surface area contributed by atoms with E-state index in [9.17, 15) is 13.2 Å². The van der Waals surface area contributed by atoms with E-state index in [1.807, 2.05) is 6.92 Å². The molecule has 1 rings (SSSR count). The Bertz CT molecular complexity index is 407. The Morgan fingerprint density at radius 2 is 2.00 bits per heavy atom. The van der Waals surface area contributed by atoms with Gasteiger partial charge in [-0.2, -0.15) is 13.2 Å². The highest BCUT2D eigenvalue weighted by Crippen LogP contribution is 2.31. The molecule has 0 aliphatic carbocycles. The maximum absolute atomic E-state index is 12.5. The summed E-state index contributed by atoms with van der Waals surface area (Å²) in [5.41, 5.74) is 0.00143. The fourth-order valence-corrected chi connectivity index (χ4v) is 1.51. The first kappa shape index (κ1) is 13.6. The molecule has 0 spiro atoms. The van der Waals surface area contributed by atoms with Crippen LogP contribution in [0, 0.1) is 0 Å². The van der Waals surface area contributed by atoms with Gasteiger partial charge in [0.15, 0.2) is 0 Å². The van der Waals surface area contributed by atoms with Gasteiger partial charge in [0.05, 0.1) is 18.4 Å². The number of hydrogen-bond acceptors (Lipinski definition) is 1. The second kappa shape index (κ2) is 5.25. The lowest BCUT2D eigenvalue weighted by molar-refractivity contribution is -0.137. The van der Waals surface area contributed by atoms with Crippen LogP contribution in [0.1, 0.15) is 30.9 Å².